The largest absolute Gasteiger partial charge is 0.334 e. The van der Waals surface area contributed by atoms with Gasteiger partial charge in [-0.2, -0.15) is 0 Å². The van der Waals surface area contributed by atoms with E-state index in [-0.39, 0.29) is 5.91 Å². The zero-order chi connectivity index (χ0) is 10.7. The average molecular weight is 226 g/mol. The third kappa shape index (κ3) is 2.15. The van der Waals surface area contributed by atoms with E-state index in [0.29, 0.717) is 10.9 Å². The smallest absolute Gasteiger partial charge is 0.267 e. The summed E-state index contributed by atoms with van der Waals surface area (Å²) in [5.74, 6) is 0.0567. The second-order valence-electron chi connectivity index (χ2n) is 3.52. The van der Waals surface area contributed by atoms with Gasteiger partial charge in [-0.1, -0.05) is 4.49 Å². The molecule has 1 atom stereocenters. The maximum absolute atomic E-state index is 12.1. The molecule has 1 unspecified atom stereocenters. The standard InChI is InChI=1S/C9H14N4OS/c1-2-13(7-3-4-10-5-7)9(14)8-6-11-12-15-8/h6-7,10H,2-5H2,1H3. The van der Waals surface area contributed by atoms with E-state index in [9.17, 15) is 4.79 Å². The van der Waals surface area contributed by atoms with Crippen molar-refractivity contribution in [2.75, 3.05) is 19.6 Å². The van der Waals surface area contributed by atoms with Crippen molar-refractivity contribution in [3.05, 3.63) is 11.1 Å². The van der Waals surface area contributed by atoms with Crippen molar-refractivity contribution < 1.29 is 4.79 Å². The van der Waals surface area contributed by atoms with Crippen LogP contribution in [0.15, 0.2) is 6.20 Å². The molecule has 1 saturated heterocycles. The quantitative estimate of drug-likeness (QED) is 0.808. The maximum atomic E-state index is 12.1. The van der Waals surface area contributed by atoms with Gasteiger partial charge >= 0.3 is 0 Å². The lowest BCUT2D eigenvalue weighted by Crippen LogP contribution is -2.41. The minimum atomic E-state index is 0.0567. The monoisotopic (exact) mass is 226 g/mol. The summed E-state index contributed by atoms with van der Waals surface area (Å²) in [4.78, 5) is 14.6. The molecule has 82 valence electrons. The molecule has 5 nitrogen and oxygen atoms in total. The molecule has 15 heavy (non-hydrogen) atoms. The molecule has 1 aliphatic heterocycles. The molecule has 0 bridgehead atoms. The van der Waals surface area contributed by atoms with Gasteiger partial charge in [-0.15, -0.1) is 5.10 Å². The van der Waals surface area contributed by atoms with Crippen molar-refractivity contribution >= 4 is 17.4 Å². The van der Waals surface area contributed by atoms with Crippen LogP contribution in [0, 0.1) is 0 Å². The molecule has 2 rings (SSSR count). The van der Waals surface area contributed by atoms with Gasteiger partial charge in [0.15, 0.2) is 0 Å². The van der Waals surface area contributed by atoms with Gasteiger partial charge in [-0.25, -0.2) is 0 Å². The fraction of sp³-hybridized carbons (Fsp3) is 0.667. The van der Waals surface area contributed by atoms with Gasteiger partial charge in [0.1, 0.15) is 4.88 Å². The first-order valence-electron chi connectivity index (χ1n) is 5.12. The number of nitrogens with one attached hydrogen (secondary N) is 1. The molecule has 0 aliphatic carbocycles. The van der Waals surface area contributed by atoms with Gasteiger partial charge in [-0.3, -0.25) is 4.79 Å². The van der Waals surface area contributed by atoms with Crippen molar-refractivity contribution in [3.8, 4) is 0 Å². The molecule has 1 aromatic rings. The fourth-order valence-electron chi connectivity index (χ4n) is 1.88. The van der Waals surface area contributed by atoms with Gasteiger partial charge in [0, 0.05) is 19.1 Å². The van der Waals surface area contributed by atoms with Gasteiger partial charge in [-0.05, 0) is 31.4 Å². The van der Waals surface area contributed by atoms with Crippen molar-refractivity contribution in [1.82, 2.24) is 19.8 Å². The van der Waals surface area contributed by atoms with E-state index < -0.39 is 0 Å². The summed E-state index contributed by atoms with van der Waals surface area (Å²) in [5.41, 5.74) is 0. The fourth-order valence-corrected chi connectivity index (χ4v) is 2.35. The molecule has 1 aliphatic rings. The Balaban J connectivity index is 2.09. The van der Waals surface area contributed by atoms with Crippen molar-refractivity contribution in [1.29, 1.82) is 0 Å². The van der Waals surface area contributed by atoms with Crippen LogP contribution in [-0.2, 0) is 0 Å². The molecule has 1 fully saturated rings. The molecular weight excluding hydrogens is 212 g/mol. The Labute approximate surface area is 92.6 Å². The molecular formula is C9H14N4OS. The van der Waals surface area contributed by atoms with Gasteiger partial charge < -0.3 is 10.2 Å². The first-order chi connectivity index (χ1) is 7.33. The van der Waals surface area contributed by atoms with Crippen LogP contribution in [0.2, 0.25) is 0 Å². The second kappa shape index (κ2) is 4.67. The number of aromatic nitrogens is 2. The SMILES string of the molecule is CCN(C(=O)c1cnns1)C1CCNC1. The number of likely N-dealkylation sites (N-methyl/N-ethyl adjacent to an activating group) is 1. The normalized spacial score (nSPS) is 20.5. The van der Waals surface area contributed by atoms with Crippen LogP contribution in [0.1, 0.15) is 23.0 Å². The molecule has 0 aromatic carbocycles. The van der Waals surface area contributed by atoms with E-state index in [1.54, 1.807) is 0 Å². The summed E-state index contributed by atoms with van der Waals surface area (Å²) >= 11 is 1.16. The van der Waals surface area contributed by atoms with Crippen LogP contribution >= 0.6 is 11.5 Å². The third-order valence-corrected chi connectivity index (χ3v) is 3.30. The van der Waals surface area contributed by atoms with Crippen LogP contribution in [0.5, 0.6) is 0 Å². The molecule has 6 heteroatoms. The highest BCUT2D eigenvalue weighted by Gasteiger charge is 2.26. The predicted octanol–water partition coefficient (Wildman–Crippen LogP) is 0.362. The molecule has 1 amide bonds. The molecule has 0 radical (unpaired) electrons. The Bertz CT molecular complexity index is 321. The number of carbonyl (C=O) groups is 1. The predicted molar refractivity (Wildman–Crippen MR) is 57.9 cm³/mol. The minimum Gasteiger partial charge on any atom is -0.334 e. The minimum absolute atomic E-state index is 0.0567. The Kier molecular flexibility index (Phi) is 3.27. The van der Waals surface area contributed by atoms with Crippen LogP contribution in [0.3, 0.4) is 0 Å². The number of hydrogen-bond acceptors (Lipinski definition) is 5. The maximum Gasteiger partial charge on any atom is 0.267 e. The van der Waals surface area contributed by atoms with Gasteiger partial charge in [0.05, 0.1) is 6.20 Å². The first kappa shape index (κ1) is 10.5. The number of amides is 1. The molecule has 0 spiro atoms. The van der Waals surface area contributed by atoms with Gasteiger partial charge in [0.2, 0.25) is 0 Å². The molecule has 0 saturated carbocycles. The zero-order valence-corrected chi connectivity index (χ0v) is 9.46. The van der Waals surface area contributed by atoms with Crippen molar-refractivity contribution in [2.45, 2.75) is 19.4 Å². The average Bonchev–Trinajstić information content (AvgIpc) is 2.91. The van der Waals surface area contributed by atoms with E-state index in [1.807, 2.05) is 11.8 Å². The third-order valence-electron chi connectivity index (χ3n) is 2.65. The summed E-state index contributed by atoms with van der Waals surface area (Å²) in [6.07, 6.45) is 2.57. The molecule has 2 heterocycles. The lowest BCUT2D eigenvalue weighted by molar-refractivity contribution is 0.0708. The van der Waals surface area contributed by atoms with E-state index in [2.05, 4.69) is 14.9 Å². The van der Waals surface area contributed by atoms with Crippen LogP contribution in [0.25, 0.3) is 0 Å². The Morgan fingerprint density at radius 3 is 3.20 bits per heavy atom. The number of nitrogens with zero attached hydrogens (tertiary/aromatic N) is 3. The van der Waals surface area contributed by atoms with E-state index >= 15 is 0 Å². The summed E-state index contributed by atoms with van der Waals surface area (Å²) in [5, 5.41) is 6.96. The summed E-state index contributed by atoms with van der Waals surface area (Å²) in [6, 6.07) is 0.324. The van der Waals surface area contributed by atoms with Crippen LogP contribution < -0.4 is 5.32 Å². The topological polar surface area (TPSA) is 58.1 Å². The van der Waals surface area contributed by atoms with E-state index in [1.165, 1.54) is 6.20 Å². The summed E-state index contributed by atoms with van der Waals surface area (Å²) in [6.45, 7) is 4.63. The highest BCUT2D eigenvalue weighted by atomic mass is 32.1. The lowest BCUT2D eigenvalue weighted by atomic mass is 10.2. The second-order valence-corrected chi connectivity index (χ2v) is 4.31. The highest BCUT2D eigenvalue weighted by molar-refractivity contribution is 7.07. The van der Waals surface area contributed by atoms with Gasteiger partial charge in [0.25, 0.3) is 5.91 Å². The van der Waals surface area contributed by atoms with Crippen molar-refractivity contribution in [3.63, 3.8) is 0 Å². The zero-order valence-electron chi connectivity index (χ0n) is 8.64. The molecule has 1 aromatic heterocycles. The van der Waals surface area contributed by atoms with Crippen molar-refractivity contribution in [2.24, 2.45) is 0 Å². The first-order valence-corrected chi connectivity index (χ1v) is 5.89. The Morgan fingerprint density at radius 2 is 2.67 bits per heavy atom. The Hall–Kier alpha value is -1.01. The Morgan fingerprint density at radius 1 is 1.80 bits per heavy atom. The number of carbonyl (C=O) groups excluding carboxylic acids is 1. The number of hydrogen-bond donors (Lipinski definition) is 1. The molecule has 1 N–H and O–H groups in total. The highest BCUT2D eigenvalue weighted by Crippen LogP contribution is 2.14. The lowest BCUT2D eigenvalue weighted by Gasteiger charge is -2.26. The van der Waals surface area contributed by atoms with E-state index in [0.717, 1.165) is 37.6 Å². The summed E-state index contributed by atoms with van der Waals surface area (Å²) < 4.78 is 3.72. The van der Waals surface area contributed by atoms with Crippen LogP contribution in [0.4, 0.5) is 0 Å². The van der Waals surface area contributed by atoms with E-state index in [4.69, 9.17) is 0 Å². The number of rotatable bonds is 3. The summed E-state index contributed by atoms with van der Waals surface area (Å²) in [7, 11) is 0. The van der Waals surface area contributed by atoms with Crippen LogP contribution in [-0.4, -0.2) is 46.1 Å².